The molecular formula is C7H15NO4. The Kier molecular flexibility index (Phi) is 4.16. The normalized spacial score (nSPS) is 14.3. The van der Waals surface area contributed by atoms with Crippen LogP contribution < -0.4 is 5.73 Å². The summed E-state index contributed by atoms with van der Waals surface area (Å²) >= 11 is 0. The van der Waals surface area contributed by atoms with Gasteiger partial charge in [-0.15, -0.1) is 0 Å². The summed E-state index contributed by atoms with van der Waals surface area (Å²) in [6.07, 6.45) is -0.0324. The van der Waals surface area contributed by atoms with Crippen molar-refractivity contribution < 1.29 is 20.1 Å². The van der Waals surface area contributed by atoms with Gasteiger partial charge in [0.25, 0.3) is 0 Å². The van der Waals surface area contributed by atoms with Gasteiger partial charge in [0.15, 0.2) is 0 Å². The van der Waals surface area contributed by atoms with Crippen LogP contribution in [0.5, 0.6) is 0 Å². The van der Waals surface area contributed by atoms with E-state index in [2.05, 4.69) is 0 Å². The number of amides is 1. The molecule has 0 aliphatic rings. The first-order valence-electron chi connectivity index (χ1n) is 3.68. The average Bonchev–Trinajstić information content (AvgIpc) is 2.04. The fourth-order valence-corrected chi connectivity index (χ4v) is 0.850. The van der Waals surface area contributed by atoms with E-state index in [0.29, 0.717) is 0 Å². The third kappa shape index (κ3) is 3.17. The Labute approximate surface area is 70.8 Å². The molecule has 0 spiro atoms. The number of aliphatic hydroxyl groups excluding tert-OH is 2. The highest BCUT2D eigenvalue weighted by Gasteiger charge is 2.29. The molecule has 5 N–H and O–H groups in total. The predicted molar refractivity (Wildman–Crippen MR) is 42.1 cm³/mol. The Morgan fingerprint density at radius 2 is 1.92 bits per heavy atom. The zero-order valence-electron chi connectivity index (χ0n) is 7.03. The van der Waals surface area contributed by atoms with E-state index in [-0.39, 0.29) is 6.42 Å². The van der Waals surface area contributed by atoms with E-state index in [9.17, 15) is 9.90 Å². The first-order chi connectivity index (χ1) is 5.45. The van der Waals surface area contributed by atoms with Crippen LogP contribution in [0.2, 0.25) is 0 Å². The van der Waals surface area contributed by atoms with Crippen molar-refractivity contribution >= 4 is 5.91 Å². The topological polar surface area (TPSA) is 104 Å². The SMILES string of the molecule is CC(CC(O)(CO)CO)C(N)=O. The number of rotatable bonds is 5. The third-order valence-electron chi connectivity index (χ3n) is 1.76. The second-order valence-corrected chi connectivity index (χ2v) is 3.05. The van der Waals surface area contributed by atoms with Gasteiger partial charge in [-0.25, -0.2) is 0 Å². The van der Waals surface area contributed by atoms with Gasteiger partial charge in [0.1, 0.15) is 5.60 Å². The summed E-state index contributed by atoms with van der Waals surface area (Å²) in [7, 11) is 0. The molecule has 72 valence electrons. The number of aliphatic hydroxyl groups is 3. The summed E-state index contributed by atoms with van der Waals surface area (Å²) in [6, 6.07) is 0. The first kappa shape index (κ1) is 11.4. The van der Waals surface area contributed by atoms with Crippen LogP contribution >= 0.6 is 0 Å². The van der Waals surface area contributed by atoms with Crippen LogP contribution in [0, 0.1) is 5.92 Å². The predicted octanol–water partition coefficient (Wildman–Crippen LogP) is -1.79. The van der Waals surface area contributed by atoms with E-state index in [1.165, 1.54) is 6.92 Å². The smallest absolute Gasteiger partial charge is 0.220 e. The van der Waals surface area contributed by atoms with E-state index in [1.54, 1.807) is 0 Å². The maximum Gasteiger partial charge on any atom is 0.220 e. The molecule has 0 heterocycles. The van der Waals surface area contributed by atoms with Crippen LogP contribution in [0.4, 0.5) is 0 Å². The van der Waals surface area contributed by atoms with Gasteiger partial charge in [-0.1, -0.05) is 6.92 Å². The number of carbonyl (C=O) groups is 1. The molecule has 12 heavy (non-hydrogen) atoms. The Bertz CT molecular complexity index is 155. The summed E-state index contributed by atoms with van der Waals surface area (Å²) in [4.78, 5) is 10.6. The molecular weight excluding hydrogens is 162 g/mol. The highest BCUT2D eigenvalue weighted by atomic mass is 16.4. The highest BCUT2D eigenvalue weighted by Crippen LogP contribution is 2.15. The second kappa shape index (κ2) is 4.39. The highest BCUT2D eigenvalue weighted by molar-refractivity contribution is 5.76. The van der Waals surface area contributed by atoms with E-state index in [4.69, 9.17) is 15.9 Å². The lowest BCUT2D eigenvalue weighted by Gasteiger charge is -2.25. The van der Waals surface area contributed by atoms with Crippen LogP contribution in [-0.2, 0) is 4.79 Å². The van der Waals surface area contributed by atoms with Gasteiger partial charge in [0.05, 0.1) is 13.2 Å². The summed E-state index contributed by atoms with van der Waals surface area (Å²) < 4.78 is 0. The minimum atomic E-state index is -1.60. The lowest BCUT2D eigenvalue weighted by atomic mass is 9.92. The molecule has 0 fully saturated rings. The van der Waals surface area contributed by atoms with Gasteiger partial charge in [-0.3, -0.25) is 4.79 Å². The van der Waals surface area contributed by atoms with Crippen molar-refractivity contribution in [3.8, 4) is 0 Å². The third-order valence-corrected chi connectivity index (χ3v) is 1.76. The minimum absolute atomic E-state index is 0.0324. The van der Waals surface area contributed by atoms with Gasteiger partial charge in [0, 0.05) is 5.92 Å². The Morgan fingerprint density at radius 1 is 1.50 bits per heavy atom. The molecule has 0 aliphatic carbocycles. The average molecular weight is 177 g/mol. The molecule has 0 aliphatic heterocycles. The number of primary amides is 1. The first-order valence-corrected chi connectivity index (χ1v) is 3.68. The van der Waals surface area contributed by atoms with Crippen molar-refractivity contribution in [2.75, 3.05) is 13.2 Å². The molecule has 1 atom stereocenters. The maximum absolute atomic E-state index is 10.6. The Hall–Kier alpha value is -0.650. The van der Waals surface area contributed by atoms with Crippen LogP contribution in [0.1, 0.15) is 13.3 Å². The Morgan fingerprint density at radius 3 is 2.17 bits per heavy atom. The van der Waals surface area contributed by atoms with Crippen molar-refractivity contribution in [1.29, 1.82) is 0 Å². The van der Waals surface area contributed by atoms with Crippen molar-refractivity contribution in [3.05, 3.63) is 0 Å². The molecule has 0 radical (unpaired) electrons. The molecule has 1 unspecified atom stereocenters. The van der Waals surface area contributed by atoms with Gasteiger partial charge in [-0.2, -0.15) is 0 Å². The largest absolute Gasteiger partial charge is 0.393 e. The van der Waals surface area contributed by atoms with Crippen molar-refractivity contribution in [1.82, 2.24) is 0 Å². The molecule has 0 saturated heterocycles. The molecule has 0 rings (SSSR count). The molecule has 0 aromatic rings. The minimum Gasteiger partial charge on any atom is -0.393 e. The van der Waals surface area contributed by atoms with Crippen molar-refractivity contribution in [2.45, 2.75) is 18.9 Å². The van der Waals surface area contributed by atoms with Crippen LogP contribution in [0.15, 0.2) is 0 Å². The molecule has 5 heteroatoms. The molecule has 1 amide bonds. The van der Waals surface area contributed by atoms with E-state index < -0.39 is 30.6 Å². The van der Waals surface area contributed by atoms with E-state index in [0.717, 1.165) is 0 Å². The van der Waals surface area contributed by atoms with Crippen LogP contribution in [0.25, 0.3) is 0 Å². The summed E-state index contributed by atoms with van der Waals surface area (Å²) in [5, 5.41) is 26.6. The van der Waals surface area contributed by atoms with Gasteiger partial charge >= 0.3 is 0 Å². The Balaban J connectivity index is 4.11. The molecule has 0 bridgehead atoms. The number of nitrogens with two attached hydrogens (primary N) is 1. The zero-order valence-corrected chi connectivity index (χ0v) is 7.03. The fourth-order valence-electron chi connectivity index (χ4n) is 0.850. The number of hydrogen-bond donors (Lipinski definition) is 4. The quantitative estimate of drug-likeness (QED) is 0.398. The van der Waals surface area contributed by atoms with Gasteiger partial charge in [0.2, 0.25) is 5.91 Å². The summed E-state index contributed by atoms with van der Waals surface area (Å²) in [5.74, 6) is -1.12. The standard InChI is InChI=1S/C7H15NO4/c1-5(6(8)11)2-7(12,3-9)4-10/h5,9-10,12H,2-4H2,1H3,(H2,8,11). The summed E-state index contributed by atoms with van der Waals surface area (Å²) in [6.45, 7) is 0.362. The second-order valence-electron chi connectivity index (χ2n) is 3.05. The monoisotopic (exact) mass is 177 g/mol. The lowest BCUT2D eigenvalue weighted by molar-refractivity contribution is -0.126. The number of hydrogen-bond acceptors (Lipinski definition) is 4. The van der Waals surface area contributed by atoms with E-state index >= 15 is 0 Å². The molecule has 0 aromatic carbocycles. The van der Waals surface area contributed by atoms with Crippen molar-refractivity contribution in [3.63, 3.8) is 0 Å². The fraction of sp³-hybridized carbons (Fsp3) is 0.857. The van der Waals surface area contributed by atoms with Crippen LogP contribution in [-0.4, -0.2) is 40.0 Å². The van der Waals surface area contributed by atoms with Crippen molar-refractivity contribution in [2.24, 2.45) is 11.7 Å². The van der Waals surface area contributed by atoms with Gasteiger partial charge in [-0.05, 0) is 6.42 Å². The zero-order chi connectivity index (χ0) is 9.78. The summed E-state index contributed by atoms with van der Waals surface area (Å²) in [5.41, 5.74) is 3.34. The maximum atomic E-state index is 10.6. The number of carbonyl (C=O) groups excluding carboxylic acids is 1. The van der Waals surface area contributed by atoms with Crippen LogP contribution in [0.3, 0.4) is 0 Å². The molecule has 0 saturated carbocycles. The van der Waals surface area contributed by atoms with Gasteiger partial charge < -0.3 is 21.1 Å². The van der Waals surface area contributed by atoms with E-state index in [1.807, 2.05) is 0 Å². The lowest BCUT2D eigenvalue weighted by Crippen LogP contribution is -2.41. The molecule has 5 nitrogen and oxygen atoms in total. The molecule has 0 aromatic heterocycles.